The van der Waals surface area contributed by atoms with E-state index in [0.717, 1.165) is 0 Å². The minimum Gasteiger partial charge on any atom is -0.490 e. The van der Waals surface area contributed by atoms with E-state index in [1.165, 1.54) is 6.08 Å². The average molecular weight is 510 g/mol. The molecule has 35 heavy (non-hydrogen) atoms. The molecule has 0 radical (unpaired) electrons. The number of anilines is 2. The minimum atomic E-state index is -0.565. The lowest BCUT2D eigenvalue weighted by Gasteiger charge is -2.13. The van der Waals surface area contributed by atoms with Gasteiger partial charge in [-0.05, 0) is 67.1 Å². The van der Waals surface area contributed by atoms with Gasteiger partial charge in [0.15, 0.2) is 18.1 Å². The Labute approximate surface area is 212 Å². The largest absolute Gasteiger partial charge is 0.490 e. The maximum atomic E-state index is 12.5. The van der Waals surface area contributed by atoms with E-state index in [1.807, 2.05) is 6.07 Å². The number of nitrogens with one attached hydrogen (secondary N) is 2. The SMILES string of the molecule is CCOc1cc(/C=C(/C#N)C(=O)Nc2ccc(Cl)cc2)ccc1OCC(=O)Nc1ccccc1Cl. The number of nitriles is 1. The average Bonchev–Trinajstić information content (AvgIpc) is 2.85. The van der Waals surface area contributed by atoms with Gasteiger partial charge in [-0.25, -0.2) is 0 Å². The molecular formula is C26H21Cl2N3O4. The number of rotatable bonds is 9. The molecule has 0 aromatic heterocycles. The normalized spacial score (nSPS) is 10.7. The summed E-state index contributed by atoms with van der Waals surface area (Å²) in [7, 11) is 0. The van der Waals surface area contributed by atoms with E-state index in [9.17, 15) is 14.9 Å². The monoisotopic (exact) mass is 509 g/mol. The zero-order chi connectivity index (χ0) is 25.2. The highest BCUT2D eigenvalue weighted by atomic mass is 35.5. The number of benzene rings is 3. The Morgan fingerprint density at radius 3 is 2.40 bits per heavy atom. The van der Waals surface area contributed by atoms with Crippen molar-refractivity contribution >= 4 is 52.5 Å². The molecule has 0 heterocycles. The fraction of sp³-hybridized carbons (Fsp3) is 0.115. The lowest BCUT2D eigenvalue weighted by Crippen LogP contribution is -2.20. The topological polar surface area (TPSA) is 100 Å². The van der Waals surface area contributed by atoms with Crippen LogP contribution in [0.15, 0.2) is 72.3 Å². The first-order valence-electron chi connectivity index (χ1n) is 10.5. The van der Waals surface area contributed by atoms with Crippen molar-refractivity contribution in [2.45, 2.75) is 6.92 Å². The summed E-state index contributed by atoms with van der Waals surface area (Å²) in [5, 5.41) is 15.8. The summed E-state index contributed by atoms with van der Waals surface area (Å²) in [6.45, 7) is 1.88. The summed E-state index contributed by atoms with van der Waals surface area (Å²) in [5.74, 6) is -0.260. The standard InChI is InChI=1S/C26H21Cl2N3O4/c1-2-34-24-14-17(13-18(15-29)26(33)30-20-10-8-19(27)9-11-20)7-12-23(24)35-16-25(32)31-22-6-4-3-5-21(22)28/h3-14H,2,16H2,1H3,(H,30,33)(H,31,32)/b18-13-. The zero-order valence-corrected chi connectivity index (χ0v) is 20.2. The van der Waals surface area contributed by atoms with E-state index in [-0.39, 0.29) is 12.2 Å². The van der Waals surface area contributed by atoms with E-state index in [4.69, 9.17) is 32.7 Å². The van der Waals surface area contributed by atoms with Gasteiger partial charge in [0, 0.05) is 10.7 Å². The van der Waals surface area contributed by atoms with Crippen molar-refractivity contribution in [1.82, 2.24) is 0 Å². The third kappa shape index (κ3) is 7.51. The van der Waals surface area contributed by atoms with Crippen molar-refractivity contribution in [3.8, 4) is 17.6 Å². The van der Waals surface area contributed by atoms with Crippen molar-refractivity contribution in [1.29, 1.82) is 5.26 Å². The number of carbonyl (C=O) groups is 2. The summed E-state index contributed by atoms with van der Waals surface area (Å²) in [6.07, 6.45) is 1.43. The number of nitrogens with zero attached hydrogens (tertiary/aromatic N) is 1. The van der Waals surface area contributed by atoms with Gasteiger partial charge in [0.1, 0.15) is 11.6 Å². The molecule has 0 aliphatic rings. The van der Waals surface area contributed by atoms with E-state index in [2.05, 4.69) is 10.6 Å². The number of hydrogen-bond acceptors (Lipinski definition) is 5. The second-order valence-corrected chi connectivity index (χ2v) is 7.93. The highest BCUT2D eigenvalue weighted by Gasteiger charge is 2.13. The smallest absolute Gasteiger partial charge is 0.266 e. The molecule has 0 aliphatic carbocycles. The number of carbonyl (C=O) groups excluding carboxylic acids is 2. The summed E-state index contributed by atoms with van der Waals surface area (Å²) in [4.78, 5) is 24.8. The van der Waals surface area contributed by atoms with Gasteiger partial charge in [0.05, 0.1) is 17.3 Å². The minimum absolute atomic E-state index is 0.102. The fourth-order valence-electron chi connectivity index (χ4n) is 2.94. The van der Waals surface area contributed by atoms with Crippen LogP contribution in [0.25, 0.3) is 6.08 Å². The molecule has 0 saturated heterocycles. The lowest BCUT2D eigenvalue weighted by atomic mass is 10.1. The molecule has 3 aromatic carbocycles. The Kier molecular flexibility index (Phi) is 9.13. The second kappa shape index (κ2) is 12.5. The van der Waals surface area contributed by atoms with Crippen molar-refractivity contribution in [2.75, 3.05) is 23.8 Å². The summed E-state index contributed by atoms with van der Waals surface area (Å²) >= 11 is 11.9. The van der Waals surface area contributed by atoms with Gasteiger partial charge >= 0.3 is 0 Å². The fourth-order valence-corrected chi connectivity index (χ4v) is 3.25. The van der Waals surface area contributed by atoms with E-state index in [1.54, 1.807) is 73.7 Å². The van der Waals surface area contributed by atoms with Gasteiger partial charge in [-0.3, -0.25) is 9.59 Å². The van der Waals surface area contributed by atoms with Crippen LogP contribution in [0.5, 0.6) is 11.5 Å². The van der Waals surface area contributed by atoms with Gasteiger partial charge in [-0.15, -0.1) is 0 Å². The maximum absolute atomic E-state index is 12.5. The molecule has 3 rings (SSSR count). The molecule has 2 N–H and O–H groups in total. The van der Waals surface area contributed by atoms with E-state index < -0.39 is 11.8 Å². The highest BCUT2D eigenvalue weighted by molar-refractivity contribution is 6.33. The van der Waals surface area contributed by atoms with Crippen LogP contribution in [0.4, 0.5) is 11.4 Å². The van der Waals surface area contributed by atoms with Crippen LogP contribution >= 0.6 is 23.2 Å². The number of para-hydroxylation sites is 1. The lowest BCUT2D eigenvalue weighted by molar-refractivity contribution is -0.118. The molecular weight excluding hydrogens is 489 g/mol. The summed E-state index contributed by atoms with van der Waals surface area (Å²) in [5.41, 5.74) is 1.43. The Morgan fingerprint density at radius 1 is 0.971 bits per heavy atom. The number of amides is 2. The molecule has 0 unspecified atom stereocenters. The van der Waals surface area contributed by atoms with Gasteiger partial charge in [-0.2, -0.15) is 5.26 Å². The van der Waals surface area contributed by atoms with Gasteiger partial charge in [0.25, 0.3) is 11.8 Å². The van der Waals surface area contributed by atoms with Crippen LogP contribution in [0.2, 0.25) is 10.0 Å². The highest BCUT2D eigenvalue weighted by Crippen LogP contribution is 2.30. The number of halogens is 2. The number of hydrogen-bond donors (Lipinski definition) is 2. The molecule has 2 amide bonds. The first-order valence-corrected chi connectivity index (χ1v) is 11.3. The maximum Gasteiger partial charge on any atom is 0.266 e. The third-order valence-corrected chi connectivity index (χ3v) is 5.13. The molecule has 0 aliphatic heterocycles. The predicted octanol–water partition coefficient (Wildman–Crippen LogP) is 5.96. The second-order valence-electron chi connectivity index (χ2n) is 7.09. The number of ether oxygens (including phenoxy) is 2. The molecule has 0 fully saturated rings. The van der Waals surface area contributed by atoms with E-state index >= 15 is 0 Å². The Morgan fingerprint density at radius 2 is 1.71 bits per heavy atom. The molecule has 0 atom stereocenters. The van der Waals surface area contributed by atoms with Crippen molar-refractivity contribution in [3.05, 3.63) is 87.9 Å². The molecule has 0 spiro atoms. The van der Waals surface area contributed by atoms with Crippen molar-refractivity contribution < 1.29 is 19.1 Å². The Bertz CT molecular complexity index is 1280. The van der Waals surface area contributed by atoms with Gasteiger partial charge < -0.3 is 20.1 Å². The molecule has 178 valence electrons. The Balaban J connectivity index is 1.71. The van der Waals surface area contributed by atoms with E-state index in [0.29, 0.717) is 45.1 Å². The van der Waals surface area contributed by atoms with Crippen LogP contribution in [-0.2, 0) is 9.59 Å². The van der Waals surface area contributed by atoms with Gasteiger partial charge in [0.2, 0.25) is 0 Å². The third-order valence-electron chi connectivity index (χ3n) is 4.55. The zero-order valence-electron chi connectivity index (χ0n) is 18.7. The van der Waals surface area contributed by atoms with Crippen LogP contribution in [0.1, 0.15) is 12.5 Å². The molecule has 3 aromatic rings. The molecule has 7 nitrogen and oxygen atoms in total. The van der Waals surface area contributed by atoms with Crippen LogP contribution in [-0.4, -0.2) is 25.0 Å². The predicted molar refractivity (Wildman–Crippen MR) is 137 cm³/mol. The van der Waals surface area contributed by atoms with Gasteiger partial charge in [-0.1, -0.05) is 41.4 Å². The Hall–Kier alpha value is -3.99. The van der Waals surface area contributed by atoms with Crippen LogP contribution in [0.3, 0.4) is 0 Å². The summed E-state index contributed by atoms with van der Waals surface area (Å²) in [6, 6.07) is 20.2. The van der Waals surface area contributed by atoms with Crippen molar-refractivity contribution in [3.63, 3.8) is 0 Å². The van der Waals surface area contributed by atoms with Crippen molar-refractivity contribution in [2.24, 2.45) is 0 Å². The van der Waals surface area contributed by atoms with Crippen LogP contribution < -0.4 is 20.1 Å². The molecule has 9 heteroatoms. The molecule has 0 saturated carbocycles. The first kappa shape index (κ1) is 25.6. The first-order chi connectivity index (χ1) is 16.9. The van der Waals surface area contributed by atoms with Crippen LogP contribution in [0, 0.1) is 11.3 Å². The summed E-state index contributed by atoms with van der Waals surface area (Å²) < 4.78 is 11.3. The molecule has 0 bridgehead atoms. The quantitative estimate of drug-likeness (QED) is 0.274.